The number of aromatic nitrogens is 2. The van der Waals surface area contributed by atoms with Crippen molar-refractivity contribution in [2.75, 3.05) is 50.1 Å². The molecule has 1 aromatic heterocycles. The van der Waals surface area contributed by atoms with Crippen molar-refractivity contribution in [1.82, 2.24) is 19.9 Å². The molecule has 2 aliphatic heterocycles. The van der Waals surface area contributed by atoms with Gasteiger partial charge in [0.25, 0.3) is 5.91 Å². The molecule has 2 aliphatic rings. The zero-order chi connectivity index (χ0) is 28.8. The number of methoxy groups -OCH3 is 1. The number of amides is 1. The highest BCUT2D eigenvalue weighted by molar-refractivity contribution is 5.95. The number of anilines is 3. The van der Waals surface area contributed by atoms with Gasteiger partial charge in [-0.3, -0.25) is 9.80 Å². The Balaban J connectivity index is 1.35. The minimum atomic E-state index is -0.135. The third kappa shape index (κ3) is 6.25. The summed E-state index contributed by atoms with van der Waals surface area (Å²) >= 11 is 0. The van der Waals surface area contributed by atoms with E-state index in [-0.39, 0.29) is 5.91 Å². The highest BCUT2D eigenvalue weighted by Crippen LogP contribution is 2.36. The van der Waals surface area contributed by atoms with Crippen LogP contribution >= 0.6 is 0 Å². The summed E-state index contributed by atoms with van der Waals surface area (Å²) in [5.74, 6) is 8.16. The standard InChI is InChI=1S/C31H33N7O3/c1-5-7-30(39)37-16-14-36(15-17-37)27-19-25-26(20-29(27)40-4)32-21-33-31(25)35-23-8-9-28(22(3)18-23)41-24-10-12-38(13-11-24)34-6-2/h6,8-12,18-21H,13-17H2,1-4H3,(H,32,33,35)/b34-6-. The van der Waals surface area contributed by atoms with E-state index in [0.717, 1.165) is 45.1 Å². The fourth-order valence-corrected chi connectivity index (χ4v) is 4.81. The van der Waals surface area contributed by atoms with Crippen LogP contribution in [0, 0.1) is 18.8 Å². The molecule has 10 nitrogen and oxygen atoms in total. The molecular weight excluding hydrogens is 518 g/mol. The lowest BCUT2D eigenvalue weighted by molar-refractivity contribution is -0.125. The van der Waals surface area contributed by atoms with Crippen molar-refractivity contribution in [2.45, 2.75) is 20.8 Å². The van der Waals surface area contributed by atoms with Gasteiger partial charge in [-0.2, -0.15) is 5.10 Å². The fourth-order valence-electron chi connectivity index (χ4n) is 4.81. The Hall–Kier alpha value is -5.04. The van der Waals surface area contributed by atoms with Crippen molar-refractivity contribution in [3.63, 3.8) is 0 Å². The van der Waals surface area contributed by atoms with Gasteiger partial charge in [-0.15, -0.1) is 0 Å². The Morgan fingerprint density at radius 3 is 2.63 bits per heavy atom. The largest absolute Gasteiger partial charge is 0.495 e. The summed E-state index contributed by atoms with van der Waals surface area (Å²) in [5.41, 5.74) is 3.57. The molecule has 1 fully saturated rings. The Labute approximate surface area is 240 Å². The molecule has 5 rings (SSSR count). The number of allylic oxidation sites excluding steroid dienone is 1. The lowest BCUT2D eigenvalue weighted by Gasteiger charge is -2.36. The van der Waals surface area contributed by atoms with Gasteiger partial charge in [0.05, 0.1) is 24.9 Å². The summed E-state index contributed by atoms with van der Waals surface area (Å²) in [6, 6.07) is 9.93. The molecule has 10 heteroatoms. The molecular formula is C31H33N7O3. The van der Waals surface area contributed by atoms with E-state index >= 15 is 0 Å². The lowest BCUT2D eigenvalue weighted by Crippen LogP contribution is -2.48. The van der Waals surface area contributed by atoms with Gasteiger partial charge in [0.15, 0.2) is 0 Å². The van der Waals surface area contributed by atoms with Crippen molar-refractivity contribution < 1.29 is 14.3 Å². The molecule has 1 saturated heterocycles. The quantitative estimate of drug-likeness (QED) is 0.340. The lowest BCUT2D eigenvalue weighted by atomic mass is 10.1. The van der Waals surface area contributed by atoms with Crippen LogP contribution in [0.1, 0.15) is 19.4 Å². The van der Waals surface area contributed by atoms with Crippen molar-refractivity contribution in [3.8, 4) is 23.3 Å². The second-order valence-corrected chi connectivity index (χ2v) is 9.54. The Bertz CT molecular complexity index is 1590. The number of hydrazone groups is 1. The van der Waals surface area contributed by atoms with Gasteiger partial charge in [0, 0.05) is 55.7 Å². The number of carbonyl (C=O) groups is 1. The SMILES string of the molecule is CC#CC(=O)N1CCN(c2cc3c(Nc4ccc(OC5=CCN(/N=C\C)C=C5)c(C)c4)ncnc3cc2OC)CC1. The molecule has 41 heavy (non-hydrogen) atoms. The number of benzene rings is 2. The number of ether oxygens (including phenoxy) is 2. The van der Waals surface area contributed by atoms with Crippen molar-refractivity contribution in [2.24, 2.45) is 5.10 Å². The minimum Gasteiger partial charge on any atom is -0.495 e. The number of carbonyl (C=O) groups excluding carboxylic acids is 1. The number of rotatable bonds is 7. The van der Waals surface area contributed by atoms with Gasteiger partial charge < -0.3 is 24.6 Å². The van der Waals surface area contributed by atoms with Crippen LogP contribution in [0.4, 0.5) is 17.2 Å². The Morgan fingerprint density at radius 2 is 1.95 bits per heavy atom. The van der Waals surface area contributed by atoms with Crippen molar-refractivity contribution in [3.05, 3.63) is 66.3 Å². The molecule has 2 aromatic carbocycles. The van der Waals surface area contributed by atoms with Crippen LogP contribution in [0.5, 0.6) is 11.5 Å². The number of nitrogens with zero attached hydrogens (tertiary/aromatic N) is 6. The maximum Gasteiger partial charge on any atom is 0.298 e. The van der Waals surface area contributed by atoms with Gasteiger partial charge in [-0.25, -0.2) is 9.97 Å². The number of piperazine rings is 1. The number of aryl methyl sites for hydroxylation is 1. The van der Waals surface area contributed by atoms with E-state index in [1.54, 1.807) is 31.5 Å². The molecule has 1 amide bonds. The van der Waals surface area contributed by atoms with E-state index in [0.29, 0.717) is 38.5 Å². The first kappa shape index (κ1) is 27.5. The third-order valence-electron chi connectivity index (χ3n) is 6.90. The van der Waals surface area contributed by atoms with E-state index in [4.69, 9.17) is 9.47 Å². The second-order valence-electron chi connectivity index (χ2n) is 9.54. The molecule has 0 unspecified atom stereocenters. The van der Waals surface area contributed by atoms with Crippen LogP contribution in [0.25, 0.3) is 10.9 Å². The first-order valence-electron chi connectivity index (χ1n) is 13.5. The fraction of sp³-hybridized carbons (Fsp3) is 0.290. The molecule has 0 radical (unpaired) electrons. The molecule has 3 heterocycles. The summed E-state index contributed by atoms with van der Waals surface area (Å²) in [5, 5.41) is 10.4. The van der Waals surface area contributed by atoms with E-state index in [1.807, 2.05) is 61.5 Å². The monoisotopic (exact) mass is 551 g/mol. The van der Waals surface area contributed by atoms with Crippen molar-refractivity contribution >= 4 is 40.2 Å². The topological polar surface area (TPSA) is 95.4 Å². The van der Waals surface area contributed by atoms with E-state index in [2.05, 4.69) is 43.2 Å². The van der Waals surface area contributed by atoms with Gasteiger partial charge in [0.1, 0.15) is 29.4 Å². The van der Waals surface area contributed by atoms with Crippen LogP contribution in [-0.2, 0) is 4.79 Å². The van der Waals surface area contributed by atoms with Crippen LogP contribution in [0.15, 0.2) is 65.9 Å². The van der Waals surface area contributed by atoms with Crippen LogP contribution in [0.2, 0.25) is 0 Å². The van der Waals surface area contributed by atoms with E-state index in [9.17, 15) is 4.79 Å². The first-order chi connectivity index (χ1) is 20.0. The smallest absolute Gasteiger partial charge is 0.298 e. The van der Waals surface area contributed by atoms with Crippen molar-refractivity contribution in [1.29, 1.82) is 0 Å². The average molecular weight is 552 g/mol. The maximum absolute atomic E-state index is 12.2. The van der Waals surface area contributed by atoms with Crippen LogP contribution < -0.4 is 19.7 Å². The second kappa shape index (κ2) is 12.4. The Morgan fingerprint density at radius 1 is 1.12 bits per heavy atom. The molecule has 0 spiro atoms. The number of nitrogens with one attached hydrogen (secondary N) is 1. The normalized spacial score (nSPS) is 15.0. The molecule has 0 aliphatic carbocycles. The number of hydrogen-bond donors (Lipinski definition) is 1. The molecule has 210 valence electrons. The molecule has 3 aromatic rings. The summed E-state index contributed by atoms with van der Waals surface area (Å²) in [6.07, 6.45) is 9.09. The van der Waals surface area contributed by atoms with E-state index < -0.39 is 0 Å². The maximum atomic E-state index is 12.2. The van der Waals surface area contributed by atoms with Crippen LogP contribution in [-0.4, -0.2) is 71.8 Å². The molecule has 0 atom stereocenters. The molecule has 0 saturated carbocycles. The average Bonchev–Trinajstić information content (AvgIpc) is 2.99. The highest BCUT2D eigenvalue weighted by atomic mass is 16.5. The Kier molecular flexibility index (Phi) is 8.34. The zero-order valence-corrected chi connectivity index (χ0v) is 23.7. The zero-order valence-electron chi connectivity index (χ0n) is 23.7. The summed E-state index contributed by atoms with van der Waals surface area (Å²) in [4.78, 5) is 25.2. The predicted molar refractivity (Wildman–Crippen MR) is 162 cm³/mol. The van der Waals surface area contributed by atoms with Crippen LogP contribution in [0.3, 0.4) is 0 Å². The van der Waals surface area contributed by atoms with Gasteiger partial charge in [-0.1, -0.05) is 5.92 Å². The van der Waals surface area contributed by atoms with Gasteiger partial charge in [0.2, 0.25) is 0 Å². The minimum absolute atomic E-state index is 0.135. The summed E-state index contributed by atoms with van der Waals surface area (Å²) in [6.45, 7) is 8.77. The van der Waals surface area contributed by atoms with Gasteiger partial charge in [-0.05, 0) is 68.7 Å². The first-order valence-corrected chi connectivity index (χ1v) is 13.5. The van der Waals surface area contributed by atoms with Gasteiger partial charge >= 0.3 is 0 Å². The number of fused-ring (bicyclic) bond motifs is 1. The van der Waals surface area contributed by atoms with E-state index in [1.165, 1.54) is 0 Å². The summed E-state index contributed by atoms with van der Waals surface area (Å²) in [7, 11) is 1.66. The molecule has 0 bridgehead atoms. The highest BCUT2D eigenvalue weighted by Gasteiger charge is 2.23. The predicted octanol–water partition coefficient (Wildman–Crippen LogP) is 4.46. The number of hydrogen-bond acceptors (Lipinski definition) is 9. The summed E-state index contributed by atoms with van der Waals surface area (Å²) < 4.78 is 11.9. The third-order valence-corrected chi connectivity index (χ3v) is 6.90. The molecule has 1 N–H and O–H groups in total.